The van der Waals surface area contributed by atoms with Crippen LogP contribution in [-0.4, -0.2) is 37.0 Å². The van der Waals surface area contributed by atoms with Crippen LogP contribution in [0.5, 0.6) is 0 Å². The second-order valence-electron chi connectivity index (χ2n) is 7.71. The summed E-state index contributed by atoms with van der Waals surface area (Å²) in [4.78, 5) is 17.5. The van der Waals surface area contributed by atoms with Crippen LogP contribution in [0.1, 0.15) is 18.4 Å². The van der Waals surface area contributed by atoms with Gasteiger partial charge in [0.1, 0.15) is 23.2 Å². The lowest BCUT2D eigenvalue weighted by molar-refractivity contribution is -0.128. The van der Waals surface area contributed by atoms with Crippen LogP contribution < -0.4 is 10.6 Å². The summed E-state index contributed by atoms with van der Waals surface area (Å²) in [5.41, 5.74) is 8.36. The predicted molar refractivity (Wildman–Crippen MR) is 123 cm³/mol. The molecular weight excluding hydrogens is 475 g/mol. The van der Waals surface area contributed by atoms with Gasteiger partial charge in [0.25, 0.3) is 5.91 Å². The smallest absolute Gasteiger partial charge is 0.254 e. The largest absolute Gasteiger partial charge is 0.445 e. The van der Waals surface area contributed by atoms with Gasteiger partial charge in [0, 0.05) is 36.3 Å². The number of nitrogens with two attached hydrogens (primary N) is 1. The van der Waals surface area contributed by atoms with Gasteiger partial charge in [-0.05, 0) is 48.9 Å². The van der Waals surface area contributed by atoms with Gasteiger partial charge in [-0.2, -0.15) is 5.26 Å². The summed E-state index contributed by atoms with van der Waals surface area (Å²) >= 11 is 3.47. The third kappa shape index (κ3) is 4.21. The molecule has 2 aromatic carbocycles. The molecule has 0 aromatic heterocycles. The first-order chi connectivity index (χ1) is 15.4. The lowest BCUT2D eigenvalue weighted by Gasteiger charge is -2.38. The minimum Gasteiger partial charge on any atom is -0.445 e. The molecular formula is C24H22BrFN4O2. The first-order valence-electron chi connectivity index (χ1n) is 10.2. The molecule has 0 bridgehead atoms. The van der Waals surface area contributed by atoms with E-state index in [0.717, 1.165) is 15.7 Å². The number of allylic oxidation sites excluding steroid dienone is 2. The van der Waals surface area contributed by atoms with Crippen LogP contribution in [0.25, 0.3) is 0 Å². The maximum Gasteiger partial charge on any atom is 0.254 e. The lowest BCUT2D eigenvalue weighted by atomic mass is 9.82. The van der Waals surface area contributed by atoms with Gasteiger partial charge < -0.3 is 20.3 Å². The van der Waals surface area contributed by atoms with E-state index >= 15 is 0 Å². The average molecular weight is 497 g/mol. The molecule has 1 saturated heterocycles. The Morgan fingerprint density at radius 3 is 2.50 bits per heavy atom. The summed E-state index contributed by atoms with van der Waals surface area (Å²) in [6.07, 6.45) is 0. The van der Waals surface area contributed by atoms with E-state index in [1.807, 2.05) is 24.3 Å². The Kier molecular flexibility index (Phi) is 6.19. The van der Waals surface area contributed by atoms with Crippen molar-refractivity contribution in [2.24, 2.45) is 5.73 Å². The van der Waals surface area contributed by atoms with Crippen molar-refractivity contribution in [3.63, 3.8) is 0 Å². The molecule has 0 saturated carbocycles. The van der Waals surface area contributed by atoms with Crippen LogP contribution in [0.15, 0.2) is 75.8 Å². The Morgan fingerprint density at radius 2 is 1.88 bits per heavy atom. The zero-order valence-electron chi connectivity index (χ0n) is 17.5. The number of hydrogen-bond donors (Lipinski definition) is 1. The van der Waals surface area contributed by atoms with Crippen molar-refractivity contribution in [2.45, 2.75) is 12.8 Å². The lowest BCUT2D eigenvalue weighted by Crippen LogP contribution is -2.50. The van der Waals surface area contributed by atoms with Crippen molar-refractivity contribution in [1.29, 1.82) is 5.26 Å². The summed E-state index contributed by atoms with van der Waals surface area (Å²) < 4.78 is 19.7. The molecule has 2 aliphatic rings. The van der Waals surface area contributed by atoms with Crippen LogP contribution in [0.3, 0.4) is 0 Å². The highest BCUT2D eigenvalue weighted by Crippen LogP contribution is 2.40. The van der Waals surface area contributed by atoms with Crippen LogP contribution in [-0.2, 0) is 9.53 Å². The first kappa shape index (κ1) is 21.9. The molecule has 2 aliphatic heterocycles. The van der Waals surface area contributed by atoms with E-state index in [4.69, 9.17) is 10.5 Å². The van der Waals surface area contributed by atoms with Gasteiger partial charge in [-0.15, -0.1) is 0 Å². The van der Waals surface area contributed by atoms with Crippen LogP contribution >= 0.6 is 15.9 Å². The van der Waals surface area contributed by atoms with Gasteiger partial charge in [-0.25, -0.2) is 4.39 Å². The third-order valence-electron chi connectivity index (χ3n) is 5.78. The predicted octanol–water partition coefficient (Wildman–Crippen LogP) is 4.02. The van der Waals surface area contributed by atoms with E-state index < -0.39 is 5.92 Å². The van der Waals surface area contributed by atoms with E-state index in [9.17, 15) is 14.4 Å². The fourth-order valence-corrected chi connectivity index (χ4v) is 4.58. The number of amides is 1. The van der Waals surface area contributed by atoms with E-state index in [1.54, 1.807) is 24.0 Å². The second kappa shape index (κ2) is 9.05. The van der Waals surface area contributed by atoms with Crippen molar-refractivity contribution >= 4 is 27.5 Å². The Morgan fingerprint density at radius 1 is 1.19 bits per heavy atom. The quantitative estimate of drug-likeness (QED) is 0.693. The zero-order chi connectivity index (χ0) is 22.8. The van der Waals surface area contributed by atoms with Crippen molar-refractivity contribution in [1.82, 2.24) is 4.90 Å². The standard InChI is InChI=1S/C24H22BrFN4O2/c1-15-21(22(20(14-27)23(28)32-15)16-3-2-4-17(25)13-16)24(31)30-11-9-29(10-12-30)19-7-5-18(26)6-8-19/h2-8,13,22H,9-12,28H2,1H3/t22-/m1/s1. The Bertz CT molecular complexity index is 1150. The number of nitriles is 1. The van der Waals surface area contributed by atoms with Gasteiger partial charge in [-0.3, -0.25) is 4.79 Å². The molecule has 6 nitrogen and oxygen atoms in total. The molecule has 164 valence electrons. The molecule has 2 heterocycles. The maximum atomic E-state index is 13.6. The summed E-state index contributed by atoms with van der Waals surface area (Å²) in [7, 11) is 0. The summed E-state index contributed by atoms with van der Waals surface area (Å²) in [6.45, 7) is 3.94. The third-order valence-corrected chi connectivity index (χ3v) is 6.27. The van der Waals surface area contributed by atoms with Gasteiger partial charge in [0.2, 0.25) is 5.88 Å². The van der Waals surface area contributed by atoms with E-state index in [0.29, 0.717) is 37.5 Å². The van der Waals surface area contributed by atoms with Crippen LogP contribution in [0.4, 0.5) is 10.1 Å². The van der Waals surface area contributed by atoms with Crippen LogP contribution in [0.2, 0.25) is 0 Å². The number of piperazine rings is 1. The van der Waals surface area contributed by atoms with Gasteiger partial charge in [-0.1, -0.05) is 28.1 Å². The van der Waals surface area contributed by atoms with E-state index in [1.165, 1.54) is 12.1 Å². The average Bonchev–Trinajstić information content (AvgIpc) is 2.79. The Labute approximate surface area is 194 Å². The fourth-order valence-electron chi connectivity index (χ4n) is 4.17. The highest BCUT2D eigenvalue weighted by atomic mass is 79.9. The highest BCUT2D eigenvalue weighted by molar-refractivity contribution is 9.10. The van der Waals surface area contributed by atoms with Crippen molar-refractivity contribution in [3.8, 4) is 6.07 Å². The molecule has 0 spiro atoms. The van der Waals surface area contributed by atoms with Crippen molar-refractivity contribution in [3.05, 3.63) is 87.2 Å². The normalized spacial score (nSPS) is 19.0. The molecule has 8 heteroatoms. The molecule has 0 unspecified atom stereocenters. The summed E-state index contributed by atoms with van der Waals surface area (Å²) in [5, 5.41) is 9.78. The molecule has 1 amide bonds. The minimum atomic E-state index is -0.603. The maximum absolute atomic E-state index is 13.6. The second-order valence-corrected chi connectivity index (χ2v) is 8.62. The monoisotopic (exact) mass is 496 g/mol. The number of hydrogen-bond acceptors (Lipinski definition) is 5. The molecule has 0 radical (unpaired) electrons. The Hall–Kier alpha value is -3.31. The van der Waals surface area contributed by atoms with Crippen molar-refractivity contribution in [2.75, 3.05) is 31.1 Å². The molecule has 32 heavy (non-hydrogen) atoms. The van der Waals surface area contributed by atoms with Crippen molar-refractivity contribution < 1.29 is 13.9 Å². The number of ether oxygens (including phenoxy) is 1. The highest BCUT2D eigenvalue weighted by Gasteiger charge is 2.38. The summed E-state index contributed by atoms with van der Waals surface area (Å²) in [6, 6.07) is 16.0. The first-order valence-corrected chi connectivity index (χ1v) is 11.0. The topological polar surface area (TPSA) is 82.6 Å². The number of benzene rings is 2. The van der Waals surface area contributed by atoms with Gasteiger partial charge in [0.15, 0.2) is 0 Å². The van der Waals surface area contributed by atoms with Gasteiger partial charge >= 0.3 is 0 Å². The molecule has 4 rings (SSSR count). The number of rotatable bonds is 3. The number of halogens is 2. The molecule has 2 aromatic rings. The number of nitrogens with zero attached hydrogens (tertiary/aromatic N) is 3. The number of anilines is 1. The SMILES string of the molecule is CC1=C(C(=O)N2CCN(c3ccc(F)cc3)CC2)[C@H](c2cccc(Br)c2)C(C#N)=C(N)O1. The number of carbonyl (C=O) groups is 1. The fraction of sp³-hybridized carbons (Fsp3) is 0.250. The Balaban J connectivity index is 1.59. The zero-order valence-corrected chi connectivity index (χ0v) is 19.1. The molecule has 1 atom stereocenters. The van der Waals surface area contributed by atoms with Gasteiger partial charge in [0.05, 0.1) is 11.5 Å². The summed E-state index contributed by atoms with van der Waals surface area (Å²) in [5.74, 6) is -0.632. The van der Waals surface area contributed by atoms with E-state index in [2.05, 4.69) is 26.9 Å². The number of carbonyl (C=O) groups excluding carboxylic acids is 1. The van der Waals surface area contributed by atoms with Crippen LogP contribution in [0, 0.1) is 17.1 Å². The van der Waals surface area contributed by atoms with E-state index in [-0.39, 0.29) is 23.2 Å². The molecule has 1 fully saturated rings. The molecule has 2 N–H and O–H groups in total. The molecule has 0 aliphatic carbocycles. The minimum absolute atomic E-state index is 0.0210.